The van der Waals surface area contributed by atoms with Crippen LogP contribution in [0.25, 0.3) is 0 Å². The lowest BCUT2D eigenvalue weighted by molar-refractivity contribution is -0.870. The van der Waals surface area contributed by atoms with Gasteiger partial charge in [-0.2, -0.15) is 0 Å². The number of phosphoric acid groups is 1. The average molecular weight is 631 g/mol. The molecular weight excluding hydrogens is 563 g/mol. The first-order chi connectivity index (χ1) is 20.5. The monoisotopic (exact) mass is 630 g/mol. The molecule has 254 valence electrons. The Morgan fingerprint density at radius 1 is 0.791 bits per heavy atom. The van der Waals surface area contributed by atoms with E-state index in [2.05, 4.69) is 31.3 Å². The highest BCUT2D eigenvalue weighted by Gasteiger charge is 2.23. The lowest BCUT2D eigenvalue weighted by atomic mass is 10.0. The van der Waals surface area contributed by atoms with Crippen molar-refractivity contribution in [1.29, 1.82) is 0 Å². The number of quaternary nitrogens is 1. The van der Waals surface area contributed by atoms with Gasteiger partial charge in [0.15, 0.2) is 0 Å². The molecule has 3 unspecified atom stereocenters. The fraction of sp³-hybridized carbons (Fsp3) is 0.853. The van der Waals surface area contributed by atoms with Gasteiger partial charge in [-0.3, -0.25) is 9.36 Å². The lowest BCUT2D eigenvalue weighted by Crippen LogP contribution is -2.45. The quantitative estimate of drug-likeness (QED) is 0.0366. The summed E-state index contributed by atoms with van der Waals surface area (Å²) in [5, 5.41) is 13.4. The molecule has 0 heterocycles. The van der Waals surface area contributed by atoms with Gasteiger partial charge in [0, 0.05) is 6.42 Å². The molecule has 3 atom stereocenters. The second-order valence-corrected chi connectivity index (χ2v) is 14.3. The van der Waals surface area contributed by atoms with E-state index in [9.17, 15) is 19.4 Å². The summed E-state index contributed by atoms with van der Waals surface area (Å²) < 4.78 is 22.8. The van der Waals surface area contributed by atoms with Crippen LogP contribution in [-0.4, -0.2) is 68.5 Å². The van der Waals surface area contributed by atoms with E-state index in [1.54, 1.807) is 6.08 Å². The lowest BCUT2D eigenvalue weighted by Gasteiger charge is -2.29. The fourth-order valence-electron chi connectivity index (χ4n) is 4.58. The number of amides is 1. The van der Waals surface area contributed by atoms with E-state index in [1.807, 2.05) is 27.2 Å². The third-order valence-electron chi connectivity index (χ3n) is 7.41. The predicted octanol–water partition coefficient (Wildman–Crippen LogP) is 7.60. The zero-order valence-corrected chi connectivity index (χ0v) is 29.3. The van der Waals surface area contributed by atoms with Crippen LogP contribution < -0.4 is 10.2 Å². The Kier molecular flexibility index (Phi) is 26.7. The molecule has 0 aromatic heterocycles. The molecule has 0 fully saturated rings. The molecule has 0 aliphatic heterocycles. The Labute approximate surface area is 264 Å². The van der Waals surface area contributed by atoms with Crippen LogP contribution >= 0.6 is 7.82 Å². The Hall–Kier alpha value is -1.02. The van der Waals surface area contributed by atoms with E-state index in [4.69, 9.17) is 9.05 Å². The second-order valence-electron chi connectivity index (χ2n) is 12.9. The Morgan fingerprint density at radius 3 is 1.88 bits per heavy atom. The van der Waals surface area contributed by atoms with Gasteiger partial charge in [-0.15, -0.1) is 0 Å². The van der Waals surface area contributed by atoms with Crippen LogP contribution in [0.15, 0.2) is 24.3 Å². The van der Waals surface area contributed by atoms with Crippen LogP contribution in [0.2, 0.25) is 0 Å². The first-order valence-corrected chi connectivity index (χ1v) is 18.7. The smallest absolute Gasteiger partial charge is 0.268 e. The molecule has 0 radical (unpaired) electrons. The molecule has 0 spiro atoms. The summed E-state index contributed by atoms with van der Waals surface area (Å²) in [6.07, 6.45) is 28.8. The summed E-state index contributed by atoms with van der Waals surface area (Å²) in [6, 6.07) is -0.893. The van der Waals surface area contributed by atoms with Crippen LogP contribution in [0.4, 0.5) is 0 Å². The second kappa shape index (κ2) is 27.3. The third-order valence-corrected chi connectivity index (χ3v) is 8.38. The molecule has 0 saturated heterocycles. The molecule has 0 aromatic rings. The van der Waals surface area contributed by atoms with Crippen molar-refractivity contribution < 1.29 is 32.9 Å². The molecule has 1 amide bonds. The van der Waals surface area contributed by atoms with E-state index in [0.29, 0.717) is 17.4 Å². The zero-order valence-electron chi connectivity index (χ0n) is 28.4. The molecule has 0 aliphatic rings. The Morgan fingerprint density at radius 2 is 1.30 bits per heavy atom. The molecule has 0 saturated carbocycles. The summed E-state index contributed by atoms with van der Waals surface area (Å²) in [5.41, 5.74) is 0. The number of unbranched alkanes of at least 4 members (excludes halogenated alkanes) is 15. The highest BCUT2D eigenvalue weighted by molar-refractivity contribution is 7.45. The molecule has 9 heteroatoms. The largest absolute Gasteiger partial charge is 0.756 e. The van der Waals surface area contributed by atoms with Crippen molar-refractivity contribution in [2.75, 3.05) is 40.9 Å². The van der Waals surface area contributed by atoms with Crippen LogP contribution in [0.1, 0.15) is 136 Å². The van der Waals surface area contributed by atoms with Gasteiger partial charge >= 0.3 is 0 Å². The normalized spacial score (nSPS) is 15.2. The maximum atomic E-state index is 12.4. The minimum Gasteiger partial charge on any atom is -0.756 e. The first kappa shape index (κ1) is 42.0. The molecule has 0 aromatic carbocycles. The van der Waals surface area contributed by atoms with Gasteiger partial charge < -0.3 is 28.8 Å². The van der Waals surface area contributed by atoms with Gasteiger partial charge in [0.25, 0.3) is 7.82 Å². The number of phosphoric ester groups is 1. The standard InChI is InChI=1S/C34H67N2O6P/c1-6-8-10-11-12-13-14-15-16-17-18-19-20-21-22-23-24-26-27-33(37)32(35-34(38)28-25-9-7-2)31-42-43(39,40)41-30-29-36(3,4)5/h21-22,26-27,32-33,37H,6-20,23-25,28-31H2,1-5H3,(H-,35,38,39,40)/b22-21+,27-26+. The number of carbonyl (C=O) groups is 1. The topological polar surface area (TPSA) is 108 Å². The SMILES string of the molecule is CCCCCCCCCCCCCC/C=C/CC/C=C/C(O)C(COP(=O)([O-])OCC[N+](C)(C)C)NC(=O)CCCCC. The maximum absolute atomic E-state index is 12.4. The molecule has 2 N–H and O–H groups in total. The average Bonchev–Trinajstić information content (AvgIpc) is 2.93. The first-order valence-electron chi connectivity index (χ1n) is 17.2. The summed E-state index contributed by atoms with van der Waals surface area (Å²) in [7, 11) is 1.24. The Balaban J connectivity index is 4.34. The molecular formula is C34H67N2O6P. The molecule has 8 nitrogen and oxygen atoms in total. The number of carbonyl (C=O) groups excluding carboxylic acids is 1. The minimum atomic E-state index is -4.56. The number of aliphatic hydroxyl groups excluding tert-OH is 1. The number of aliphatic hydroxyl groups is 1. The number of hydrogen-bond donors (Lipinski definition) is 2. The molecule has 0 bridgehead atoms. The highest BCUT2D eigenvalue weighted by Crippen LogP contribution is 2.38. The van der Waals surface area contributed by atoms with Crippen LogP contribution in [0.5, 0.6) is 0 Å². The van der Waals surface area contributed by atoms with Crippen molar-refractivity contribution in [3.8, 4) is 0 Å². The van der Waals surface area contributed by atoms with E-state index in [1.165, 1.54) is 77.0 Å². The summed E-state index contributed by atoms with van der Waals surface area (Å²) in [5.74, 6) is -0.234. The van der Waals surface area contributed by atoms with Crippen molar-refractivity contribution in [3.63, 3.8) is 0 Å². The van der Waals surface area contributed by atoms with Gasteiger partial charge in [0.1, 0.15) is 13.2 Å². The van der Waals surface area contributed by atoms with Gasteiger partial charge in [-0.1, -0.05) is 122 Å². The van der Waals surface area contributed by atoms with Gasteiger partial charge in [0.05, 0.1) is 39.9 Å². The maximum Gasteiger partial charge on any atom is 0.268 e. The number of hydrogen-bond acceptors (Lipinski definition) is 6. The number of likely N-dealkylation sites (N-methyl/N-ethyl adjacent to an activating group) is 1. The van der Waals surface area contributed by atoms with Crippen molar-refractivity contribution in [2.45, 2.75) is 148 Å². The zero-order chi connectivity index (χ0) is 32.2. The van der Waals surface area contributed by atoms with E-state index < -0.39 is 26.6 Å². The van der Waals surface area contributed by atoms with Crippen LogP contribution in [0.3, 0.4) is 0 Å². The molecule has 0 aliphatic carbocycles. The number of nitrogens with zero attached hydrogens (tertiary/aromatic N) is 1. The third kappa shape index (κ3) is 29.5. The van der Waals surface area contributed by atoms with Gasteiger partial charge in [-0.05, 0) is 32.1 Å². The number of nitrogens with one attached hydrogen (secondary N) is 1. The number of rotatable bonds is 30. The summed E-state index contributed by atoms with van der Waals surface area (Å²) in [4.78, 5) is 24.6. The molecule has 43 heavy (non-hydrogen) atoms. The van der Waals surface area contributed by atoms with Gasteiger partial charge in [-0.25, -0.2) is 0 Å². The predicted molar refractivity (Wildman–Crippen MR) is 178 cm³/mol. The van der Waals surface area contributed by atoms with E-state index in [-0.39, 0.29) is 12.5 Å². The van der Waals surface area contributed by atoms with E-state index >= 15 is 0 Å². The van der Waals surface area contributed by atoms with Crippen LogP contribution in [0, 0.1) is 0 Å². The van der Waals surface area contributed by atoms with E-state index in [0.717, 1.165) is 38.5 Å². The van der Waals surface area contributed by atoms with Crippen molar-refractivity contribution >= 4 is 13.7 Å². The molecule has 0 rings (SSSR count). The number of allylic oxidation sites excluding steroid dienone is 3. The van der Waals surface area contributed by atoms with Crippen LogP contribution in [-0.2, 0) is 18.4 Å². The summed E-state index contributed by atoms with van der Waals surface area (Å²) >= 11 is 0. The minimum absolute atomic E-state index is 0.00635. The van der Waals surface area contributed by atoms with Gasteiger partial charge in [0.2, 0.25) is 5.91 Å². The summed E-state index contributed by atoms with van der Waals surface area (Å²) in [6.45, 7) is 4.42. The van der Waals surface area contributed by atoms with Crippen molar-refractivity contribution in [1.82, 2.24) is 5.32 Å². The van der Waals surface area contributed by atoms with Crippen molar-refractivity contribution in [3.05, 3.63) is 24.3 Å². The highest BCUT2D eigenvalue weighted by atomic mass is 31.2. The Bertz CT molecular complexity index is 768. The van der Waals surface area contributed by atoms with Crippen molar-refractivity contribution in [2.24, 2.45) is 0 Å². The fourth-order valence-corrected chi connectivity index (χ4v) is 5.30.